The van der Waals surface area contributed by atoms with Crippen molar-refractivity contribution in [2.75, 3.05) is 0 Å². The van der Waals surface area contributed by atoms with E-state index in [4.69, 9.17) is 0 Å². The van der Waals surface area contributed by atoms with Gasteiger partial charge in [-0.3, -0.25) is 4.79 Å². The van der Waals surface area contributed by atoms with Crippen LogP contribution in [0.3, 0.4) is 0 Å². The number of hydrogen-bond donors (Lipinski definition) is 0. The van der Waals surface area contributed by atoms with Crippen molar-refractivity contribution in [2.45, 2.75) is 38.5 Å². The maximum absolute atomic E-state index is 10.9. The first-order valence-electron chi connectivity index (χ1n) is 4.20. The molecule has 12 heavy (non-hydrogen) atoms. The number of ketones is 1. The van der Waals surface area contributed by atoms with Crippen molar-refractivity contribution in [1.29, 1.82) is 0 Å². The van der Waals surface area contributed by atoms with Crippen molar-refractivity contribution in [3.8, 4) is 0 Å². The van der Waals surface area contributed by atoms with Gasteiger partial charge in [-0.05, 0) is 12.8 Å². The third-order valence-electron chi connectivity index (χ3n) is 1.57. The van der Waals surface area contributed by atoms with Crippen LogP contribution in [0.4, 0.5) is 0 Å². The van der Waals surface area contributed by atoms with Gasteiger partial charge in [-0.25, -0.2) is 0 Å². The molecule has 0 aromatic heterocycles. The second kappa shape index (κ2) is 8.11. The molecule has 0 aromatic carbocycles. The molecule has 0 aliphatic heterocycles. The van der Waals surface area contributed by atoms with E-state index in [0.29, 0.717) is 25.7 Å². The second-order valence-corrected chi connectivity index (χ2v) is 2.66. The number of carbonyl (C=O) groups is 3. The first kappa shape index (κ1) is 11.0. The SMILES string of the molecule is O=CCCCCC(=O)CCC=O. The first-order chi connectivity index (χ1) is 5.81. The van der Waals surface area contributed by atoms with E-state index in [1.54, 1.807) is 0 Å². The number of Topliss-reactive ketones (excluding diaryl/α,β-unsaturated/α-hetero) is 1. The van der Waals surface area contributed by atoms with Crippen molar-refractivity contribution >= 4 is 18.4 Å². The average Bonchev–Trinajstić information content (AvgIpc) is 2.09. The Bertz CT molecular complexity index is 152. The first-order valence-corrected chi connectivity index (χ1v) is 4.20. The van der Waals surface area contributed by atoms with Crippen LogP contribution >= 0.6 is 0 Å². The molecular weight excluding hydrogens is 156 g/mol. The van der Waals surface area contributed by atoms with Crippen molar-refractivity contribution in [3.05, 3.63) is 0 Å². The largest absolute Gasteiger partial charge is 0.303 e. The smallest absolute Gasteiger partial charge is 0.133 e. The summed E-state index contributed by atoms with van der Waals surface area (Å²) >= 11 is 0. The van der Waals surface area contributed by atoms with Crippen molar-refractivity contribution in [1.82, 2.24) is 0 Å². The lowest BCUT2D eigenvalue weighted by molar-refractivity contribution is -0.121. The monoisotopic (exact) mass is 170 g/mol. The highest BCUT2D eigenvalue weighted by molar-refractivity contribution is 5.80. The number of rotatable bonds is 8. The molecule has 0 unspecified atom stereocenters. The van der Waals surface area contributed by atoms with Crippen LogP contribution in [0.25, 0.3) is 0 Å². The molecule has 0 saturated heterocycles. The highest BCUT2D eigenvalue weighted by atomic mass is 16.1. The minimum absolute atomic E-state index is 0.119. The molecule has 3 heteroatoms. The minimum Gasteiger partial charge on any atom is -0.303 e. The van der Waals surface area contributed by atoms with Crippen molar-refractivity contribution in [2.24, 2.45) is 0 Å². The Labute approximate surface area is 72.1 Å². The number of aldehydes is 2. The predicted molar refractivity (Wildman–Crippen MR) is 44.8 cm³/mol. The molecule has 0 spiro atoms. The Morgan fingerprint density at radius 2 is 1.58 bits per heavy atom. The molecule has 0 heterocycles. The molecule has 0 rings (SSSR count). The molecule has 0 bridgehead atoms. The number of unbranched alkanes of at least 4 members (excludes halogenated alkanes) is 2. The second-order valence-electron chi connectivity index (χ2n) is 2.66. The standard InChI is InChI=1S/C9H14O3/c10-7-3-1-2-5-9(12)6-4-8-11/h7-8H,1-6H2. The summed E-state index contributed by atoms with van der Waals surface area (Å²) in [6, 6.07) is 0. The van der Waals surface area contributed by atoms with Crippen LogP contribution in [0.2, 0.25) is 0 Å². The Morgan fingerprint density at radius 1 is 0.917 bits per heavy atom. The van der Waals surface area contributed by atoms with Gasteiger partial charge in [0.25, 0.3) is 0 Å². The predicted octanol–water partition coefficient (Wildman–Crippen LogP) is 1.29. The van der Waals surface area contributed by atoms with E-state index in [0.717, 1.165) is 25.4 Å². The molecule has 0 aliphatic carbocycles. The Morgan fingerprint density at radius 3 is 2.17 bits per heavy atom. The Kier molecular flexibility index (Phi) is 7.44. The van der Waals surface area contributed by atoms with Crippen LogP contribution in [0.1, 0.15) is 38.5 Å². The fourth-order valence-corrected chi connectivity index (χ4v) is 0.895. The van der Waals surface area contributed by atoms with Gasteiger partial charge < -0.3 is 9.59 Å². The van der Waals surface area contributed by atoms with Crippen molar-refractivity contribution < 1.29 is 14.4 Å². The van der Waals surface area contributed by atoms with E-state index >= 15 is 0 Å². The van der Waals surface area contributed by atoms with Gasteiger partial charge in [0.05, 0.1) is 0 Å². The molecular formula is C9H14O3. The average molecular weight is 170 g/mol. The van der Waals surface area contributed by atoms with Gasteiger partial charge in [-0.1, -0.05) is 0 Å². The van der Waals surface area contributed by atoms with Crippen LogP contribution in [0.5, 0.6) is 0 Å². The van der Waals surface area contributed by atoms with Gasteiger partial charge in [0.2, 0.25) is 0 Å². The van der Waals surface area contributed by atoms with Crippen LogP contribution in [-0.2, 0) is 14.4 Å². The third kappa shape index (κ3) is 7.12. The normalized spacial score (nSPS) is 9.33. The summed E-state index contributed by atoms with van der Waals surface area (Å²) in [5.74, 6) is 0.119. The van der Waals surface area contributed by atoms with Gasteiger partial charge in [-0.15, -0.1) is 0 Å². The minimum atomic E-state index is 0.119. The number of hydrogen-bond acceptors (Lipinski definition) is 3. The third-order valence-corrected chi connectivity index (χ3v) is 1.57. The zero-order valence-electron chi connectivity index (χ0n) is 7.12. The Hall–Kier alpha value is -0.990. The molecule has 0 saturated carbocycles. The molecule has 0 amide bonds. The summed E-state index contributed by atoms with van der Waals surface area (Å²) in [4.78, 5) is 30.7. The molecule has 3 nitrogen and oxygen atoms in total. The molecule has 0 fully saturated rings. The summed E-state index contributed by atoms with van der Waals surface area (Å²) in [7, 11) is 0. The summed E-state index contributed by atoms with van der Waals surface area (Å²) in [5, 5.41) is 0. The molecule has 68 valence electrons. The van der Waals surface area contributed by atoms with Gasteiger partial charge in [0.1, 0.15) is 18.4 Å². The van der Waals surface area contributed by atoms with E-state index < -0.39 is 0 Å². The highest BCUT2D eigenvalue weighted by Gasteiger charge is 1.99. The Balaban J connectivity index is 3.19. The van der Waals surface area contributed by atoms with E-state index in [2.05, 4.69) is 0 Å². The number of carbonyl (C=O) groups excluding carboxylic acids is 3. The molecule has 0 atom stereocenters. The maximum Gasteiger partial charge on any atom is 0.133 e. The van der Waals surface area contributed by atoms with Crippen LogP contribution in [-0.4, -0.2) is 18.4 Å². The lowest BCUT2D eigenvalue weighted by atomic mass is 10.1. The molecule has 0 radical (unpaired) electrons. The molecule has 0 aliphatic rings. The maximum atomic E-state index is 10.9. The lowest BCUT2D eigenvalue weighted by Gasteiger charge is -1.95. The molecule has 0 N–H and O–H groups in total. The topological polar surface area (TPSA) is 51.2 Å². The van der Waals surface area contributed by atoms with Crippen LogP contribution < -0.4 is 0 Å². The van der Waals surface area contributed by atoms with Gasteiger partial charge in [0.15, 0.2) is 0 Å². The highest BCUT2D eigenvalue weighted by Crippen LogP contribution is 2.01. The van der Waals surface area contributed by atoms with Crippen LogP contribution in [0.15, 0.2) is 0 Å². The zero-order chi connectivity index (χ0) is 9.23. The quantitative estimate of drug-likeness (QED) is 0.407. The van der Waals surface area contributed by atoms with E-state index in [9.17, 15) is 14.4 Å². The van der Waals surface area contributed by atoms with E-state index in [1.807, 2.05) is 0 Å². The molecule has 0 aromatic rings. The summed E-state index contributed by atoms with van der Waals surface area (Å²) in [6.07, 6.45) is 4.85. The van der Waals surface area contributed by atoms with Gasteiger partial charge in [-0.2, -0.15) is 0 Å². The van der Waals surface area contributed by atoms with Crippen LogP contribution in [0, 0.1) is 0 Å². The van der Waals surface area contributed by atoms with Gasteiger partial charge in [0, 0.05) is 25.7 Å². The summed E-state index contributed by atoms with van der Waals surface area (Å²) in [6.45, 7) is 0. The fraction of sp³-hybridized carbons (Fsp3) is 0.667. The lowest BCUT2D eigenvalue weighted by Crippen LogP contribution is -1.97. The summed E-state index contributed by atoms with van der Waals surface area (Å²) in [5.41, 5.74) is 0. The van der Waals surface area contributed by atoms with Crippen molar-refractivity contribution in [3.63, 3.8) is 0 Å². The summed E-state index contributed by atoms with van der Waals surface area (Å²) < 4.78 is 0. The fourth-order valence-electron chi connectivity index (χ4n) is 0.895. The van der Waals surface area contributed by atoms with E-state index in [1.165, 1.54) is 0 Å². The zero-order valence-corrected chi connectivity index (χ0v) is 7.12. The van der Waals surface area contributed by atoms with E-state index in [-0.39, 0.29) is 5.78 Å². The van der Waals surface area contributed by atoms with Gasteiger partial charge >= 0.3 is 0 Å².